The quantitative estimate of drug-likeness (QED) is 0.151. The highest BCUT2D eigenvalue weighted by Crippen LogP contribution is 2.63. The van der Waals surface area contributed by atoms with Gasteiger partial charge in [-0.15, -0.1) is 0 Å². The number of anilines is 2. The molecule has 4 aliphatic heterocycles. The van der Waals surface area contributed by atoms with Gasteiger partial charge in [-0.05, 0) is 98.4 Å². The number of piperazine rings is 1. The van der Waals surface area contributed by atoms with Crippen molar-refractivity contribution in [2.45, 2.75) is 106 Å². The van der Waals surface area contributed by atoms with E-state index < -0.39 is 34.6 Å². The van der Waals surface area contributed by atoms with Gasteiger partial charge >= 0.3 is 0 Å². The number of amides is 4. The first-order chi connectivity index (χ1) is 30.0. The molecule has 4 N–H and O–H groups in total. The second kappa shape index (κ2) is 16.2. The van der Waals surface area contributed by atoms with Gasteiger partial charge in [0.05, 0.1) is 28.2 Å². The molecule has 5 fully saturated rings. The first-order valence-corrected chi connectivity index (χ1v) is 23.1. The Bertz CT molecular complexity index is 2460. The van der Waals surface area contributed by atoms with Crippen molar-refractivity contribution in [3.63, 3.8) is 0 Å². The van der Waals surface area contributed by atoms with E-state index in [0.29, 0.717) is 42.3 Å². The van der Waals surface area contributed by atoms with Crippen LogP contribution in [0.3, 0.4) is 0 Å². The predicted molar refractivity (Wildman–Crippen MR) is 237 cm³/mol. The van der Waals surface area contributed by atoms with Gasteiger partial charge in [0.1, 0.15) is 11.2 Å². The molecule has 2 aliphatic carbocycles. The van der Waals surface area contributed by atoms with Gasteiger partial charge in [-0.2, -0.15) is 5.10 Å². The van der Waals surface area contributed by atoms with Crippen molar-refractivity contribution in [3.8, 4) is 0 Å². The number of nitrogens with zero attached hydrogens (tertiary/aromatic N) is 4. The number of carbonyl (C=O) groups is 4. The smallest absolute Gasteiger partial charge is 0.238 e. The fraction of sp³-hybridized carbons (Fsp3) is 0.511. The minimum Gasteiger partial charge on any atom is -0.369 e. The Morgan fingerprint density at radius 3 is 2.45 bits per heavy atom. The number of piperidine rings is 1. The molecule has 3 saturated heterocycles. The monoisotopic (exact) mass is 882 g/mol. The number of hydrogen-bond acceptors (Lipinski definition) is 8. The highest BCUT2D eigenvalue weighted by atomic mass is 35.5. The fourth-order valence-electron chi connectivity index (χ4n) is 12.2. The Balaban J connectivity index is 0.797. The first-order valence-electron chi connectivity index (χ1n) is 22.4. The lowest BCUT2D eigenvalue weighted by atomic mass is 9.55. The number of rotatable bonds is 7. The Hall–Kier alpha value is -4.56. The number of aromatic nitrogens is 2. The standard InChI is InChI=1S/C47H53Cl2FN8O4/c1-56-37-25-30(13-14-31(37)41(55-56)33-15-17-38(59)53-43(33)60)58-22-20-57(21-23-58)26-27-8-11-29(12-9-27)51-44(61)42-39(32-6-5-7-35(49)40(32)50)47(46(54-42)18-3-2-4-19-46)34-16-10-28(48)24-36(34)52-45(47)62/h5-7,10,13-14,16,24-25,27,29,33,39,42,54H,2-4,8-9,11-12,15,17-23,26H2,1H3,(H,51,61)(H,52,62)(H,53,59,60)/t27?,29?,33?,39-,42+,47+/m0/s1. The van der Waals surface area contributed by atoms with E-state index in [4.69, 9.17) is 28.3 Å². The molecule has 3 aromatic carbocycles. The Labute approximate surface area is 370 Å². The number of imide groups is 1. The van der Waals surface area contributed by atoms with Crippen molar-refractivity contribution in [1.82, 2.24) is 30.6 Å². The zero-order valence-corrected chi connectivity index (χ0v) is 36.5. The summed E-state index contributed by atoms with van der Waals surface area (Å²) in [6, 6.07) is 15.8. The molecule has 326 valence electrons. The maximum Gasteiger partial charge on any atom is 0.238 e. The number of fused-ring (bicyclic) bond motifs is 4. The molecule has 4 amide bonds. The first kappa shape index (κ1) is 41.5. The van der Waals surface area contributed by atoms with E-state index >= 15 is 4.39 Å². The van der Waals surface area contributed by atoms with Crippen LogP contribution >= 0.6 is 23.2 Å². The lowest BCUT2D eigenvalue weighted by Gasteiger charge is -2.47. The summed E-state index contributed by atoms with van der Waals surface area (Å²) >= 11 is 12.9. The molecule has 12 nitrogen and oxygen atoms in total. The van der Waals surface area contributed by atoms with E-state index in [2.05, 4.69) is 49.3 Å². The predicted octanol–water partition coefficient (Wildman–Crippen LogP) is 6.69. The van der Waals surface area contributed by atoms with Crippen LogP contribution in [0.25, 0.3) is 10.9 Å². The van der Waals surface area contributed by atoms with Crippen molar-refractivity contribution in [3.05, 3.63) is 87.3 Å². The molecule has 10 rings (SSSR count). The SMILES string of the molecule is Cn1nc(C2CCC(=O)NC2=O)c2ccc(N3CCN(CC4CCC(NC(=O)[C@@H]5NC6(CCCCC6)[C@@]6(C(=O)Nc7cc(Cl)ccc76)[C@H]5c5cccc(Cl)c5F)CC4)CC3)cc21. The van der Waals surface area contributed by atoms with Gasteiger partial charge in [0.2, 0.25) is 23.6 Å². The summed E-state index contributed by atoms with van der Waals surface area (Å²) in [6.45, 7) is 4.70. The summed E-state index contributed by atoms with van der Waals surface area (Å²) < 4.78 is 18.2. The summed E-state index contributed by atoms with van der Waals surface area (Å²) in [4.78, 5) is 58.7. The number of carbonyl (C=O) groups excluding carboxylic acids is 4. The molecule has 4 atom stereocenters. The number of hydrogen-bond donors (Lipinski definition) is 4. The number of halogens is 3. The fourth-order valence-corrected chi connectivity index (χ4v) is 12.6. The van der Waals surface area contributed by atoms with Gasteiger partial charge < -0.3 is 15.5 Å². The molecular formula is C47H53Cl2FN8O4. The van der Waals surface area contributed by atoms with Gasteiger partial charge in [0.15, 0.2) is 0 Å². The normalized spacial score (nSPS) is 28.7. The molecule has 4 aromatic rings. The van der Waals surface area contributed by atoms with Crippen LogP contribution in [-0.4, -0.2) is 88.7 Å². The van der Waals surface area contributed by atoms with Crippen molar-refractivity contribution >= 4 is 69.1 Å². The number of aryl methyl sites for hydroxylation is 1. The molecule has 6 aliphatic rings. The minimum absolute atomic E-state index is 0.0259. The van der Waals surface area contributed by atoms with Gasteiger partial charge in [-0.25, -0.2) is 4.39 Å². The largest absolute Gasteiger partial charge is 0.369 e. The van der Waals surface area contributed by atoms with Gasteiger partial charge in [-0.1, -0.05) is 60.7 Å². The summed E-state index contributed by atoms with van der Waals surface area (Å²) in [6.07, 6.45) is 8.63. The van der Waals surface area contributed by atoms with Crippen LogP contribution in [0.4, 0.5) is 15.8 Å². The highest BCUT2D eigenvalue weighted by Gasteiger charge is 2.72. The van der Waals surface area contributed by atoms with Crippen LogP contribution in [-0.2, 0) is 31.6 Å². The summed E-state index contributed by atoms with van der Waals surface area (Å²) in [7, 11) is 1.90. The van der Waals surface area contributed by atoms with E-state index in [1.54, 1.807) is 24.3 Å². The van der Waals surface area contributed by atoms with E-state index in [-0.39, 0.29) is 40.3 Å². The average Bonchev–Trinajstić information content (AvgIpc) is 3.86. The maximum absolute atomic E-state index is 16.3. The zero-order chi connectivity index (χ0) is 42.9. The van der Waals surface area contributed by atoms with E-state index in [9.17, 15) is 19.2 Å². The van der Waals surface area contributed by atoms with E-state index in [0.717, 1.165) is 106 Å². The van der Waals surface area contributed by atoms with Crippen LogP contribution < -0.4 is 26.2 Å². The summed E-state index contributed by atoms with van der Waals surface area (Å²) in [5.74, 6) is -2.31. The van der Waals surface area contributed by atoms with Crippen LogP contribution in [0, 0.1) is 11.7 Å². The number of benzene rings is 3. The maximum atomic E-state index is 16.3. The topological polar surface area (TPSA) is 141 Å². The molecule has 1 unspecified atom stereocenters. The molecular weight excluding hydrogens is 830 g/mol. The van der Waals surface area contributed by atoms with Crippen LogP contribution in [0.15, 0.2) is 54.6 Å². The third-order valence-electron chi connectivity index (χ3n) is 15.2. The molecule has 0 bridgehead atoms. The van der Waals surface area contributed by atoms with Crippen molar-refractivity contribution in [2.24, 2.45) is 13.0 Å². The van der Waals surface area contributed by atoms with Gasteiger partial charge in [0.25, 0.3) is 0 Å². The molecule has 1 aromatic heterocycles. The summed E-state index contributed by atoms with van der Waals surface area (Å²) in [5, 5.41) is 18.8. The summed E-state index contributed by atoms with van der Waals surface area (Å²) in [5.41, 5.74) is 2.42. The Kier molecular flexibility index (Phi) is 10.8. The lowest BCUT2D eigenvalue weighted by Crippen LogP contribution is -2.60. The van der Waals surface area contributed by atoms with Crippen LogP contribution in [0.5, 0.6) is 0 Å². The van der Waals surface area contributed by atoms with Crippen molar-refractivity contribution in [2.75, 3.05) is 42.9 Å². The number of nitrogens with one attached hydrogen (secondary N) is 4. The second-order valence-corrected chi connectivity index (χ2v) is 19.4. The lowest BCUT2D eigenvalue weighted by molar-refractivity contribution is -0.134. The van der Waals surface area contributed by atoms with E-state index in [1.807, 2.05) is 17.8 Å². The third-order valence-corrected chi connectivity index (χ3v) is 15.7. The minimum atomic E-state index is -1.25. The van der Waals surface area contributed by atoms with Gasteiger partial charge in [0, 0.05) is 85.5 Å². The molecule has 5 heterocycles. The molecule has 62 heavy (non-hydrogen) atoms. The molecule has 2 spiro atoms. The highest BCUT2D eigenvalue weighted by molar-refractivity contribution is 6.31. The Morgan fingerprint density at radius 2 is 1.69 bits per heavy atom. The van der Waals surface area contributed by atoms with Gasteiger partial charge in [-0.3, -0.25) is 39.4 Å². The third kappa shape index (κ3) is 6.89. The molecule has 0 radical (unpaired) electrons. The van der Waals surface area contributed by atoms with Crippen LogP contribution in [0.1, 0.15) is 99.3 Å². The second-order valence-electron chi connectivity index (χ2n) is 18.6. The molecule has 2 saturated carbocycles. The van der Waals surface area contributed by atoms with Crippen molar-refractivity contribution in [1.29, 1.82) is 0 Å². The average molecular weight is 884 g/mol. The van der Waals surface area contributed by atoms with E-state index in [1.165, 1.54) is 6.07 Å². The molecule has 15 heteroatoms. The van der Waals surface area contributed by atoms with Crippen molar-refractivity contribution < 1.29 is 23.6 Å². The van der Waals surface area contributed by atoms with Crippen LogP contribution in [0.2, 0.25) is 10.0 Å². The zero-order valence-electron chi connectivity index (χ0n) is 35.0. The Morgan fingerprint density at radius 1 is 0.919 bits per heavy atom.